The van der Waals surface area contributed by atoms with Crippen molar-refractivity contribution in [3.63, 3.8) is 0 Å². The summed E-state index contributed by atoms with van der Waals surface area (Å²) in [5, 5.41) is 12.9. The zero-order chi connectivity index (χ0) is 23.6. The van der Waals surface area contributed by atoms with E-state index >= 15 is 0 Å². The standard InChI is InChI=1S/C25H24N2O6/c1-3-32-22-13-10-20(14-23(22)31-2)24(28)27-26-15-17-6-11-21(12-7-17)33-16-18-4-8-19(9-5-18)25(29)30/h4-15H,3,16H2,1-2H3,(H,27,28)(H,29,30)/b26-15+. The SMILES string of the molecule is CCOc1ccc(C(=O)N/N=C/c2ccc(OCc3ccc(C(=O)O)cc3)cc2)cc1OC. The van der Waals surface area contributed by atoms with Crippen LogP contribution >= 0.6 is 0 Å². The smallest absolute Gasteiger partial charge is 0.335 e. The molecular weight excluding hydrogens is 424 g/mol. The molecule has 0 atom stereocenters. The lowest BCUT2D eigenvalue weighted by molar-refractivity contribution is 0.0696. The zero-order valence-corrected chi connectivity index (χ0v) is 18.3. The second kappa shape index (κ2) is 11.3. The van der Waals surface area contributed by atoms with Gasteiger partial charge < -0.3 is 19.3 Å². The van der Waals surface area contributed by atoms with Crippen LogP contribution in [0, 0.1) is 0 Å². The van der Waals surface area contributed by atoms with Crippen LogP contribution in [0.15, 0.2) is 71.8 Å². The monoisotopic (exact) mass is 448 g/mol. The minimum Gasteiger partial charge on any atom is -0.493 e. The number of hydrogen-bond donors (Lipinski definition) is 2. The van der Waals surface area contributed by atoms with Crippen molar-refractivity contribution >= 4 is 18.1 Å². The third kappa shape index (κ3) is 6.57. The van der Waals surface area contributed by atoms with E-state index in [9.17, 15) is 9.59 Å². The van der Waals surface area contributed by atoms with Crippen molar-refractivity contribution in [2.24, 2.45) is 5.10 Å². The van der Waals surface area contributed by atoms with Gasteiger partial charge in [0.2, 0.25) is 0 Å². The van der Waals surface area contributed by atoms with E-state index < -0.39 is 5.97 Å². The molecule has 1 amide bonds. The molecule has 3 aromatic rings. The molecule has 0 aromatic heterocycles. The summed E-state index contributed by atoms with van der Waals surface area (Å²) in [5.74, 6) is 0.359. The van der Waals surface area contributed by atoms with E-state index in [1.165, 1.54) is 25.5 Å². The molecule has 33 heavy (non-hydrogen) atoms. The van der Waals surface area contributed by atoms with Gasteiger partial charge in [0.15, 0.2) is 11.5 Å². The Labute approximate surface area is 191 Å². The van der Waals surface area contributed by atoms with Crippen LogP contribution in [0.3, 0.4) is 0 Å². The summed E-state index contributed by atoms with van der Waals surface area (Å²) < 4.78 is 16.4. The number of carboxylic acids is 1. The molecule has 2 N–H and O–H groups in total. The molecule has 0 bridgehead atoms. The topological polar surface area (TPSA) is 106 Å². The average Bonchev–Trinajstić information content (AvgIpc) is 2.84. The second-order valence-electron chi connectivity index (χ2n) is 6.86. The fourth-order valence-corrected chi connectivity index (χ4v) is 2.87. The van der Waals surface area contributed by atoms with Crippen LogP contribution in [0.25, 0.3) is 0 Å². The van der Waals surface area contributed by atoms with Crippen LogP contribution in [0.1, 0.15) is 38.8 Å². The van der Waals surface area contributed by atoms with Crippen LogP contribution in [0.4, 0.5) is 0 Å². The number of aromatic carboxylic acids is 1. The lowest BCUT2D eigenvalue weighted by atomic mass is 10.1. The first-order valence-corrected chi connectivity index (χ1v) is 10.2. The largest absolute Gasteiger partial charge is 0.493 e. The van der Waals surface area contributed by atoms with Crippen molar-refractivity contribution in [1.29, 1.82) is 0 Å². The molecule has 8 heteroatoms. The van der Waals surface area contributed by atoms with E-state index in [0.717, 1.165) is 11.1 Å². The van der Waals surface area contributed by atoms with Crippen molar-refractivity contribution in [2.75, 3.05) is 13.7 Å². The summed E-state index contributed by atoms with van der Waals surface area (Å²) in [7, 11) is 1.51. The molecule has 0 radical (unpaired) electrons. The van der Waals surface area contributed by atoms with E-state index in [4.69, 9.17) is 19.3 Å². The predicted octanol–water partition coefficient (Wildman–Crippen LogP) is 4.14. The molecule has 3 rings (SSSR count). The molecule has 0 saturated heterocycles. The summed E-state index contributed by atoms with van der Waals surface area (Å²) in [6, 6.07) is 18.6. The van der Waals surface area contributed by atoms with Gasteiger partial charge in [-0.25, -0.2) is 10.2 Å². The Bertz CT molecular complexity index is 1120. The lowest BCUT2D eigenvalue weighted by Gasteiger charge is -2.10. The highest BCUT2D eigenvalue weighted by Crippen LogP contribution is 2.28. The molecular formula is C25H24N2O6. The average molecular weight is 448 g/mol. The van der Waals surface area contributed by atoms with Crippen LogP contribution in [-0.4, -0.2) is 36.9 Å². The van der Waals surface area contributed by atoms with Gasteiger partial charge in [0.05, 0.1) is 25.5 Å². The Morgan fingerprint density at radius 1 is 0.939 bits per heavy atom. The van der Waals surface area contributed by atoms with Crippen molar-refractivity contribution < 1.29 is 28.9 Å². The quantitative estimate of drug-likeness (QED) is 0.357. The van der Waals surface area contributed by atoms with E-state index in [1.54, 1.807) is 54.6 Å². The van der Waals surface area contributed by atoms with Crippen LogP contribution in [0.5, 0.6) is 17.2 Å². The number of benzene rings is 3. The Balaban J connectivity index is 1.52. The normalized spacial score (nSPS) is 10.6. The first-order valence-electron chi connectivity index (χ1n) is 10.2. The number of nitrogens with one attached hydrogen (secondary N) is 1. The lowest BCUT2D eigenvalue weighted by Crippen LogP contribution is -2.17. The van der Waals surface area contributed by atoms with Gasteiger partial charge in [-0.2, -0.15) is 5.10 Å². The second-order valence-corrected chi connectivity index (χ2v) is 6.86. The summed E-state index contributed by atoms with van der Waals surface area (Å²) >= 11 is 0. The van der Waals surface area contributed by atoms with Gasteiger partial charge in [0, 0.05) is 5.56 Å². The van der Waals surface area contributed by atoms with Crippen LogP contribution < -0.4 is 19.6 Å². The fraction of sp³-hybridized carbons (Fsp3) is 0.160. The first-order chi connectivity index (χ1) is 16.0. The summed E-state index contributed by atoms with van der Waals surface area (Å²) in [6.45, 7) is 2.68. The summed E-state index contributed by atoms with van der Waals surface area (Å²) in [6.07, 6.45) is 1.53. The molecule has 0 saturated carbocycles. The Hall–Kier alpha value is -4.33. The molecule has 0 fully saturated rings. The molecule has 0 unspecified atom stereocenters. The Morgan fingerprint density at radius 2 is 1.64 bits per heavy atom. The maximum absolute atomic E-state index is 12.3. The number of hydrogen-bond acceptors (Lipinski definition) is 6. The number of carbonyl (C=O) groups is 2. The number of carboxylic acid groups (broad SMARTS) is 1. The van der Waals surface area contributed by atoms with Crippen molar-refractivity contribution in [2.45, 2.75) is 13.5 Å². The number of nitrogens with zero attached hydrogens (tertiary/aromatic N) is 1. The molecule has 0 heterocycles. The van der Waals surface area contributed by atoms with Gasteiger partial charge in [-0.1, -0.05) is 12.1 Å². The third-order valence-electron chi connectivity index (χ3n) is 4.59. The van der Waals surface area contributed by atoms with E-state index in [2.05, 4.69) is 10.5 Å². The van der Waals surface area contributed by atoms with Crippen molar-refractivity contribution in [1.82, 2.24) is 5.43 Å². The minimum absolute atomic E-state index is 0.233. The van der Waals surface area contributed by atoms with Crippen LogP contribution in [-0.2, 0) is 6.61 Å². The number of carbonyl (C=O) groups excluding carboxylic acids is 1. The van der Waals surface area contributed by atoms with Crippen molar-refractivity contribution in [3.05, 3.63) is 89.0 Å². The van der Waals surface area contributed by atoms with Gasteiger partial charge in [-0.15, -0.1) is 0 Å². The van der Waals surface area contributed by atoms with Gasteiger partial charge in [0.1, 0.15) is 12.4 Å². The third-order valence-corrected chi connectivity index (χ3v) is 4.59. The summed E-state index contributed by atoms with van der Waals surface area (Å²) in [5.41, 5.74) is 4.75. The Kier molecular flexibility index (Phi) is 8.02. The highest BCUT2D eigenvalue weighted by Gasteiger charge is 2.10. The molecule has 0 aliphatic rings. The number of methoxy groups -OCH3 is 1. The number of amides is 1. The van der Waals surface area contributed by atoms with Crippen LogP contribution in [0.2, 0.25) is 0 Å². The van der Waals surface area contributed by atoms with Gasteiger partial charge in [0.25, 0.3) is 5.91 Å². The molecule has 0 aliphatic carbocycles. The molecule has 170 valence electrons. The van der Waals surface area contributed by atoms with Crippen molar-refractivity contribution in [3.8, 4) is 17.2 Å². The molecule has 0 aliphatic heterocycles. The minimum atomic E-state index is -0.963. The van der Waals surface area contributed by atoms with Gasteiger partial charge in [-0.05, 0) is 72.6 Å². The highest BCUT2D eigenvalue weighted by atomic mass is 16.5. The van der Waals surface area contributed by atoms with E-state index in [0.29, 0.717) is 36.0 Å². The molecule has 0 spiro atoms. The predicted molar refractivity (Wildman–Crippen MR) is 123 cm³/mol. The molecule has 3 aromatic carbocycles. The zero-order valence-electron chi connectivity index (χ0n) is 18.3. The number of hydrazone groups is 1. The molecule has 8 nitrogen and oxygen atoms in total. The van der Waals surface area contributed by atoms with Gasteiger partial charge >= 0.3 is 5.97 Å². The van der Waals surface area contributed by atoms with E-state index in [-0.39, 0.29) is 11.5 Å². The maximum Gasteiger partial charge on any atom is 0.335 e. The number of ether oxygens (including phenoxy) is 3. The summed E-state index contributed by atoms with van der Waals surface area (Å²) in [4.78, 5) is 23.2. The fourth-order valence-electron chi connectivity index (χ4n) is 2.87. The number of rotatable bonds is 10. The Morgan fingerprint density at radius 3 is 2.27 bits per heavy atom. The maximum atomic E-state index is 12.3. The van der Waals surface area contributed by atoms with E-state index in [1.807, 2.05) is 6.92 Å². The first kappa shape index (κ1) is 23.3. The van der Waals surface area contributed by atoms with Gasteiger partial charge in [-0.3, -0.25) is 4.79 Å². The highest BCUT2D eigenvalue weighted by molar-refractivity contribution is 5.95.